The zero-order chi connectivity index (χ0) is 12.3. The number of benzene rings is 1. The number of nitrogens with one attached hydrogen (secondary N) is 1. The first-order valence-corrected chi connectivity index (χ1v) is 5.88. The predicted octanol–water partition coefficient (Wildman–Crippen LogP) is 1.72. The van der Waals surface area contributed by atoms with Crippen LogP contribution in [0.15, 0.2) is 24.3 Å². The van der Waals surface area contributed by atoms with Crippen molar-refractivity contribution in [1.82, 2.24) is 5.32 Å². The van der Waals surface area contributed by atoms with E-state index in [0.717, 1.165) is 12.8 Å². The van der Waals surface area contributed by atoms with Crippen LogP contribution >= 0.6 is 0 Å². The van der Waals surface area contributed by atoms with E-state index in [1.807, 2.05) is 0 Å². The van der Waals surface area contributed by atoms with E-state index in [0.29, 0.717) is 12.3 Å². The number of aliphatic hydroxyl groups excluding tert-OH is 1. The summed E-state index contributed by atoms with van der Waals surface area (Å²) in [4.78, 5) is 11.9. The lowest BCUT2D eigenvalue weighted by molar-refractivity contribution is 0.0920. The van der Waals surface area contributed by atoms with Gasteiger partial charge in [0, 0.05) is 12.6 Å². The third-order valence-corrected chi connectivity index (χ3v) is 3.07. The molecule has 1 unspecified atom stereocenters. The van der Waals surface area contributed by atoms with Crippen LogP contribution in [0.4, 0.5) is 4.39 Å². The van der Waals surface area contributed by atoms with Gasteiger partial charge < -0.3 is 10.4 Å². The number of halogens is 1. The van der Waals surface area contributed by atoms with Gasteiger partial charge >= 0.3 is 0 Å². The first-order chi connectivity index (χ1) is 8.22. The van der Waals surface area contributed by atoms with Gasteiger partial charge in [-0.05, 0) is 37.3 Å². The fraction of sp³-hybridized carbons (Fsp3) is 0.462. The molecule has 1 aromatic carbocycles. The van der Waals surface area contributed by atoms with Crippen LogP contribution in [0.25, 0.3) is 0 Å². The zero-order valence-electron chi connectivity index (χ0n) is 9.53. The van der Waals surface area contributed by atoms with Crippen LogP contribution in [0.3, 0.4) is 0 Å². The van der Waals surface area contributed by atoms with Crippen LogP contribution in [0.2, 0.25) is 0 Å². The Hall–Kier alpha value is -1.42. The van der Waals surface area contributed by atoms with Crippen molar-refractivity contribution in [2.75, 3.05) is 6.61 Å². The molecule has 1 fully saturated rings. The second kappa shape index (κ2) is 5.27. The molecule has 1 aliphatic rings. The van der Waals surface area contributed by atoms with Gasteiger partial charge in [-0.1, -0.05) is 12.1 Å². The summed E-state index contributed by atoms with van der Waals surface area (Å²) in [6.07, 6.45) is 2.68. The van der Waals surface area contributed by atoms with Gasteiger partial charge in [0.05, 0.1) is 5.56 Å². The van der Waals surface area contributed by atoms with Gasteiger partial charge in [0.1, 0.15) is 5.82 Å². The first-order valence-electron chi connectivity index (χ1n) is 5.88. The number of aliphatic hydroxyl groups is 1. The Morgan fingerprint density at radius 3 is 2.76 bits per heavy atom. The molecule has 1 atom stereocenters. The van der Waals surface area contributed by atoms with Gasteiger partial charge in [-0.3, -0.25) is 4.79 Å². The van der Waals surface area contributed by atoms with Crippen LogP contribution in [-0.4, -0.2) is 23.7 Å². The molecule has 0 aliphatic heterocycles. The summed E-state index contributed by atoms with van der Waals surface area (Å²) in [7, 11) is 0. The van der Waals surface area contributed by atoms with Gasteiger partial charge in [0.2, 0.25) is 0 Å². The Morgan fingerprint density at radius 1 is 1.47 bits per heavy atom. The SMILES string of the molecule is O=C(NC(CCO)C1CC1)c1ccccc1F. The van der Waals surface area contributed by atoms with Gasteiger partial charge in [0.15, 0.2) is 0 Å². The molecule has 0 saturated heterocycles. The van der Waals surface area contributed by atoms with Crippen LogP contribution < -0.4 is 5.32 Å². The molecule has 3 nitrogen and oxygen atoms in total. The third kappa shape index (κ3) is 3.03. The second-order valence-electron chi connectivity index (χ2n) is 4.41. The number of amides is 1. The summed E-state index contributed by atoms with van der Waals surface area (Å²) >= 11 is 0. The minimum Gasteiger partial charge on any atom is -0.396 e. The quantitative estimate of drug-likeness (QED) is 0.819. The Labute approximate surface area is 99.7 Å². The average molecular weight is 237 g/mol. The molecule has 0 heterocycles. The highest BCUT2D eigenvalue weighted by molar-refractivity contribution is 5.94. The van der Waals surface area contributed by atoms with Crippen molar-refractivity contribution in [2.24, 2.45) is 5.92 Å². The summed E-state index contributed by atoms with van der Waals surface area (Å²) in [6, 6.07) is 5.89. The van der Waals surface area contributed by atoms with Crippen molar-refractivity contribution >= 4 is 5.91 Å². The van der Waals surface area contributed by atoms with Crippen molar-refractivity contribution in [3.05, 3.63) is 35.6 Å². The molecule has 0 bridgehead atoms. The van der Waals surface area contributed by atoms with Gasteiger partial charge in [0.25, 0.3) is 5.91 Å². The minimum absolute atomic E-state index is 0.0351. The normalized spacial score (nSPS) is 16.6. The molecular formula is C13H16FNO2. The maximum Gasteiger partial charge on any atom is 0.254 e. The molecule has 92 valence electrons. The van der Waals surface area contributed by atoms with Crippen LogP contribution in [-0.2, 0) is 0 Å². The Kier molecular flexibility index (Phi) is 3.74. The highest BCUT2D eigenvalue weighted by atomic mass is 19.1. The molecule has 0 aromatic heterocycles. The molecule has 0 spiro atoms. The number of carbonyl (C=O) groups is 1. The fourth-order valence-electron chi connectivity index (χ4n) is 1.95. The minimum atomic E-state index is -0.511. The molecule has 17 heavy (non-hydrogen) atoms. The standard InChI is InChI=1S/C13H16FNO2/c14-11-4-2-1-3-10(11)13(17)15-12(7-8-16)9-5-6-9/h1-4,9,12,16H,5-8H2,(H,15,17). The maximum absolute atomic E-state index is 13.4. The van der Waals surface area contributed by atoms with E-state index >= 15 is 0 Å². The topological polar surface area (TPSA) is 49.3 Å². The fourth-order valence-corrected chi connectivity index (χ4v) is 1.95. The third-order valence-electron chi connectivity index (χ3n) is 3.07. The van der Waals surface area contributed by atoms with Crippen LogP contribution in [0.1, 0.15) is 29.6 Å². The lowest BCUT2D eigenvalue weighted by atomic mass is 10.1. The van der Waals surface area contributed by atoms with Gasteiger partial charge in [-0.25, -0.2) is 4.39 Å². The Morgan fingerprint density at radius 2 is 2.18 bits per heavy atom. The molecule has 1 aliphatic carbocycles. The van der Waals surface area contributed by atoms with Gasteiger partial charge in [-0.2, -0.15) is 0 Å². The summed E-state index contributed by atoms with van der Waals surface area (Å²) < 4.78 is 13.4. The summed E-state index contributed by atoms with van der Waals surface area (Å²) in [6.45, 7) is 0.0404. The number of carbonyl (C=O) groups excluding carboxylic acids is 1. The van der Waals surface area contributed by atoms with E-state index < -0.39 is 11.7 Å². The smallest absolute Gasteiger partial charge is 0.254 e. The zero-order valence-corrected chi connectivity index (χ0v) is 9.53. The van der Waals surface area contributed by atoms with E-state index in [2.05, 4.69) is 5.32 Å². The van der Waals surface area contributed by atoms with Crippen molar-refractivity contribution < 1.29 is 14.3 Å². The van der Waals surface area contributed by atoms with E-state index in [-0.39, 0.29) is 18.2 Å². The van der Waals surface area contributed by atoms with Crippen molar-refractivity contribution in [3.8, 4) is 0 Å². The summed E-state index contributed by atoms with van der Waals surface area (Å²) in [5, 5.41) is 11.7. The summed E-state index contributed by atoms with van der Waals surface area (Å²) in [5.41, 5.74) is 0.0658. The molecule has 1 aromatic rings. The van der Waals surface area contributed by atoms with Gasteiger partial charge in [-0.15, -0.1) is 0 Å². The molecular weight excluding hydrogens is 221 g/mol. The first kappa shape index (κ1) is 12.0. The molecule has 1 saturated carbocycles. The van der Waals surface area contributed by atoms with E-state index in [4.69, 9.17) is 5.11 Å². The highest BCUT2D eigenvalue weighted by Gasteiger charge is 2.32. The molecule has 4 heteroatoms. The van der Waals surface area contributed by atoms with Crippen molar-refractivity contribution in [1.29, 1.82) is 0 Å². The number of hydrogen-bond acceptors (Lipinski definition) is 2. The van der Waals surface area contributed by atoms with E-state index in [1.165, 1.54) is 12.1 Å². The second-order valence-corrected chi connectivity index (χ2v) is 4.41. The monoisotopic (exact) mass is 237 g/mol. The van der Waals surface area contributed by atoms with Crippen LogP contribution in [0, 0.1) is 11.7 Å². The summed E-state index contributed by atoms with van der Waals surface area (Å²) in [5.74, 6) is -0.463. The molecule has 1 amide bonds. The largest absolute Gasteiger partial charge is 0.396 e. The molecule has 0 radical (unpaired) electrons. The lowest BCUT2D eigenvalue weighted by Gasteiger charge is -2.17. The number of rotatable bonds is 5. The highest BCUT2D eigenvalue weighted by Crippen LogP contribution is 2.34. The van der Waals surface area contributed by atoms with Crippen molar-refractivity contribution in [3.63, 3.8) is 0 Å². The maximum atomic E-state index is 13.4. The van der Waals surface area contributed by atoms with Crippen LogP contribution in [0.5, 0.6) is 0 Å². The lowest BCUT2D eigenvalue weighted by Crippen LogP contribution is -2.37. The molecule has 2 N–H and O–H groups in total. The Bertz CT molecular complexity index is 404. The number of hydrogen-bond donors (Lipinski definition) is 2. The van der Waals surface area contributed by atoms with E-state index in [9.17, 15) is 9.18 Å². The Balaban J connectivity index is 2.02. The average Bonchev–Trinajstić information content (AvgIpc) is 3.12. The predicted molar refractivity (Wildman–Crippen MR) is 62.1 cm³/mol. The molecule has 2 rings (SSSR count). The van der Waals surface area contributed by atoms with Crippen molar-refractivity contribution in [2.45, 2.75) is 25.3 Å². The van der Waals surface area contributed by atoms with E-state index in [1.54, 1.807) is 12.1 Å².